The van der Waals surface area contributed by atoms with Crippen molar-refractivity contribution in [2.24, 2.45) is 0 Å². The number of rotatable bonds is 3. The Kier molecular flexibility index (Phi) is 3.11. The van der Waals surface area contributed by atoms with Crippen molar-refractivity contribution in [3.63, 3.8) is 0 Å². The van der Waals surface area contributed by atoms with Gasteiger partial charge in [0, 0.05) is 0 Å². The lowest BCUT2D eigenvalue weighted by Gasteiger charge is -2.05. The van der Waals surface area contributed by atoms with Gasteiger partial charge in [-0.25, -0.2) is 4.79 Å². The van der Waals surface area contributed by atoms with E-state index in [1.54, 1.807) is 0 Å². The first-order valence-electron chi connectivity index (χ1n) is 3.73. The number of aromatic carboxylic acids is 1. The Morgan fingerprint density at radius 3 is 2.60 bits per heavy atom. The van der Waals surface area contributed by atoms with Crippen LogP contribution in [0.2, 0.25) is 5.02 Å². The zero-order chi connectivity index (χ0) is 11.6. The summed E-state index contributed by atoms with van der Waals surface area (Å²) >= 11 is 5.54. The fourth-order valence-electron chi connectivity index (χ4n) is 1.10. The van der Waals surface area contributed by atoms with Crippen LogP contribution in [0.25, 0.3) is 0 Å². The molecule has 0 saturated carbocycles. The van der Waals surface area contributed by atoms with Gasteiger partial charge in [-0.1, -0.05) is 11.6 Å². The molecular weight excluding hydrogens is 226 g/mol. The highest BCUT2D eigenvalue weighted by molar-refractivity contribution is 6.33. The van der Waals surface area contributed by atoms with Gasteiger partial charge in [0.2, 0.25) is 0 Å². The number of halogens is 1. The molecule has 0 saturated heterocycles. The Labute approximate surface area is 89.2 Å². The molecule has 0 radical (unpaired) electrons. The summed E-state index contributed by atoms with van der Waals surface area (Å²) < 4.78 is 4.71. The highest BCUT2D eigenvalue weighted by Gasteiger charge is 2.28. The third kappa shape index (κ3) is 1.99. The summed E-state index contributed by atoms with van der Waals surface area (Å²) in [5.74, 6) is -1.56. The number of carboxylic acids is 1. The number of nitrogens with zero attached hydrogens (tertiary/aromatic N) is 1. The van der Waals surface area contributed by atoms with E-state index in [1.807, 2.05) is 0 Å². The minimum absolute atomic E-state index is 0.0985. The molecule has 80 valence electrons. The highest BCUT2D eigenvalue weighted by Crippen LogP contribution is 2.34. The molecule has 15 heavy (non-hydrogen) atoms. The third-order valence-corrected chi connectivity index (χ3v) is 2.01. The SMILES string of the molecule is COc1ccc(Cl)c([N+](=O)[O-])c1C(=O)O. The van der Waals surface area contributed by atoms with Crippen molar-refractivity contribution >= 4 is 23.3 Å². The maximum absolute atomic E-state index is 10.8. The zero-order valence-electron chi connectivity index (χ0n) is 7.56. The number of methoxy groups -OCH3 is 1. The molecule has 0 spiro atoms. The van der Waals surface area contributed by atoms with Crippen LogP contribution in [0.4, 0.5) is 5.69 Å². The number of nitro benzene ring substituents is 1. The molecule has 7 heteroatoms. The van der Waals surface area contributed by atoms with Crippen molar-refractivity contribution in [3.05, 3.63) is 32.8 Å². The molecule has 0 aliphatic carbocycles. The van der Waals surface area contributed by atoms with Crippen LogP contribution in [0, 0.1) is 10.1 Å². The van der Waals surface area contributed by atoms with E-state index in [2.05, 4.69) is 0 Å². The van der Waals surface area contributed by atoms with Gasteiger partial charge in [0.25, 0.3) is 0 Å². The molecule has 1 rings (SSSR count). The molecule has 0 unspecified atom stereocenters. The topological polar surface area (TPSA) is 89.7 Å². The molecule has 0 fully saturated rings. The average Bonchev–Trinajstić information content (AvgIpc) is 2.16. The summed E-state index contributed by atoms with van der Waals surface area (Å²) in [5, 5.41) is 19.2. The lowest BCUT2D eigenvalue weighted by Crippen LogP contribution is -2.05. The fraction of sp³-hybridized carbons (Fsp3) is 0.125. The van der Waals surface area contributed by atoms with Crippen LogP contribution < -0.4 is 4.74 Å². The molecular formula is C8H6ClNO5. The summed E-state index contributed by atoms with van der Waals surface area (Å²) in [6, 6.07) is 2.48. The second kappa shape index (κ2) is 4.14. The van der Waals surface area contributed by atoms with Crippen molar-refractivity contribution in [2.75, 3.05) is 7.11 Å². The van der Waals surface area contributed by atoms with Crippen LogP contribution in [-0.4, -0.2) is 23.1 Å². The first kappa shape index (κ1) is 11.3. The van der Waals surface area contributed by atoms with Crippen LogP contribution >= 0.6 is 11.6 Å². The van der Waals surface area contributed by atoms with Crippen molar-refractivity contribution in [2.45, 2.75) is 0 Å². The normalized spacial score (nSPS) is 9.73. The molecule has 6 nitrogen and oxygen atoms in total. The van der Waals surface area contributed by atoms with E-state index in [1.165, 1.54) is 19.2 Å². The summed E-state index contributed by atoms with van der Waals surface area (Å²) in [7, 11) is 1.22. The van der Waals surface area contributed by atoms with Crippen molar-refractivity contribution in [1.82, 2.24) is 0 Å². The minimum atomic E-state index is -1.46. The summed E-state index contributed by atoms with van der Waals surface area (Å²) in [6.07, 6.45) is 0. The van der Waals surface area contributed by atoms with E-state index in [0.717, 1.165) is 0 Å². The second-order valence-electron chi connectivity index (χ2n) is 2.54. The van der Waals surface area contributed by atoms with Crippen molar-refractivity contribution < 1.29 is 19.6 Å². The minimum Gasteiger partial charge on any atom is -0.496 e. The molecule has 0 aliphatic rings. The largest absolute Gasteiger partial charge is 0.496 e. The third-order valence-electron chi connectivity index (χ3n) is 1.71. The van der Waals surface area contributed by atoms with Crippen LogP contribution in [0.15, 0.2) is 12.1 Å². The molecule has 0 atom stereocenters. The van der Waals surface area contributed by atoms with Gasteiger partial charge >= 0.3 is 11.7 Å². The van der Waals surface area contributed by atoms with Crippen LogP contribution in [-0.2, 0) is 0 Å². The Morgan fingerprint density at radius 1 is 1.60 bits per heavy atom. The first-order valence-corrected chi connectivity index (χ1v) is 4.11. The lowest BCUT2D eigenvalue weighted by molar-refractivity contribution is -0.385. The number of carbonyl (C=O) groups is 1. The highest BCUT2D eigenvalue weighted by atomic mass is 35.5. The Morgan fingerprint density at radius 2 is 2.20 bits per heavy atom. The fourth-order valence-corrected chi connectivity index (χ4v) is 1.33. The van der Waals surface area contributed by atoms with Gasteiger partial charge in [-0.3, -0.25) is 10.1 Å². The second-order valence-corrected chi connectivity index (χ2v) is 2.94. The Bertz CT molecular complexity index is 431. The zero-order valence-corrected chi connectivity index (χ0v) is 8.32. The summed E-state index contributed by atoms with van der Waals surface area (Å²) in [6.45, 7) is 0. The van der Waals surface area contributed by atoms with Gasteiger partial charge < -0.3 is 9.84 Å². The molecule has 0 aliphatic heterocycles. The van der Waals surface area contributed by atoms with Crippen molar-refractivity contribution in [3.8, 4) is 5.75 Å². The quantitative estimate of drug-likeness (QED) is 0.634. The summed E-state index contributed by atoms with van der Waals surface area (Å²) in [4.78, 5) is 20.6. The predicted octanol–water partition coefficient (Wildman–Crippen LogP) is 1.96. The number of hydrogen-bond donors (Lipinski definition) is 1. The van der Waals surface area contributed by atoms with Gasteiger partial charge in [-0.05, 0) is 12.1 Å². The number of nitro groups is 1. The van der Waals surface area contributed by atoms with Gasteiger partial charge in [0.1, 0.15) is 10.8 Å². The molecule has 1 aromatic rings. The Hall–Kier alpha value is -1.82. The van der Waals surface area contributed by atoms with Crippen LogP contribution in [0.1, 0.15) is 10.4 Å². The maximum Gasteiger partial charge on any atom is 0.346 e. The molecule has 0 amide bonds. The number of benzene rings is 1. The first-order chi connectivity index (χ1) is 6.99. The lowest BCUT2D eigenvalue weighted by atomic mass is 10.1. The average molecular weight is 232 g/mol. The smallest absolute Gasteiger partial charge is 0.346 e. The number of ether oxygens (including phenoxy) is 1. The van der Waals surface area contributed by atoms with Gasteiger partial charge in [0.15, 0.2) is 5.56 Å². The van der Waals surface area contributed by atoms with Crippen molar-refractivity contribution in [1.29, 1.82) is 0 Å². The van der Waals surface area contributed by atoms with E-state index in [0.29, 0.717) is 0 Å². The van der Waals surface area contributed by atoms with Crippen LogP contribution in [0.3, 0.4) is 0 Å². The van der Waals surface area contributed by atoms with Gasteiger partial charge in [-0.2, -0.15) is 0 Å². The number of hydrogen-bond acceptors (Lipinski definition) is 4. The van der Waals surface area contributed by atoms with Gasteiger partial charge in [0.05, 0.1) is 12.0 Å². The van der Waals surface area contributed by atoms with E-state index >= 15 is 0 Å². The predicted molar refractivity (Wildman–Crippen MR) is 51.6 cm³/mol. The van der Waals surface area contributed by atoms with E-state index in [9.17, 15) is 14.9 Å². The van der Waals surface area contributed by atoms with Crippen LogP contribution in [0.5, 0.6) is 5.75 Å². The standard InChI is InChI=1S/C8H6ClNO5/c1-15-5-3-2-4(9)7(10(13)14)6(5)8(11)12/h2-3H,1H3,(H,11,12). The van der Waals surface area contributed by atoms with E-state index in [4.69, 9.17) is 21.4 Å². The molecule has 0 bridgehead atoms. The van der Waals surface area contributed by atoms with Gasteiger partial charge in [-0.15, -0.1) is 0 Å². The summed E-state index contributed by atoms with van der Waals surface area (Å²) in [5.41, 5.74) is -1.21. The number of carboxylic acid groups (broad SMARTS) is 1. The van der Waals surface area contributed by atoms with E-state index < -0.39 is 22.1 Å². The Balaban J connectivity index is 3.58. The molecule has 0 heterocycles. The molecule has 1 aromatic carbocycles. The van der Waals surface area contributed by atoms with E-state index in [-0.39, 0.29) is 10.8 Å². The molecule has 1 N–H and O–H groups in total. The molecule has 0 aromatic heterocycles. The monoisotopic (exact) mass is 231 g/mol. The maximum atomic E-state index is 10.8.